The van der Waals surface area contributed by atoms with Crippen molar-refractivity contribution in [1.82, 2.24) is 53.2 Å². The Labute approximate surface area is 627 Å². The highest BCUT2D eigenvalue weighted by Crippen LogP contribution is 2.26. The Morgan fingerprint density at radius 3 is 0.944 bits per heavy atom. The van der Waals surface area contributed by atoms with Gasteiger partial charge >= 0.3 is 6.09 Å². The third-order valence-electron chi connectivity index (χ3n) is 17.1. The quantitative estimate of drug-likeness (QED) is 0.0270. The Morgan fingerprint density at radius 1 is 0.380 bits per heavy atom. The number of aliphatic hydroxyl groups is 9. The first-order valence-electron chi connectivity index (χ1n) is 36.7. The summed E-state index contributed by atoms with van der Waals surface area (Å²) in [7, 11) is 0. The number of carbonyl (C=O) groups excluding carboxylic acids is 10. The zero-order chi connectivity index (χ0) is 79.2. The molecule has 4 rings (SSSR count). The molecule has 108 heavy (non-hydrogen) atoms. The summed E-state index contributed by atoms with van der Waals surface area (Å²) in [5, 5.41) is 118. The van der Waals surface area contributed by atoms with Gasteiger partial charge in [-0.05, 0) is 63.4 Å². The van der Waals surface area contributed by atoms with Crippen molar-refractivity contribution in [2.45, 2.75) is 221 Å². The number of unbranched alkanes of at least 4 members (excludes halogenated alkanes) is 3. The van der Waals surface area contributed by atoms with Gasteiger partial charge in [0.1, 0.15) is 85.2 Å². The number of rotatable bonds is 54. The monoisotopic (exact) mass is 1550 g/mol. The molecule has 19 N–H and O–H groups in total. The second-order valence-electron chi connectivity index (χ2n) is 26.3. The molecule has 0 unspecified atom stereocenters. The number of alkyl carbamates (subject to hydrolysis) is 1. The number of ether oxygens (including phenoxy) is 10. The molecule has 3 aliphatic rings. The van der Waals surface area contributed by atoms with Gasteiger partial charge in [0.05, 0.1) is 59.5 Å². The first kappa shape index (κ1) is 93.4. The van der Waals surface area contributed by atoms with Crippen LogP contribution in [0.3, 0.4) is 0 Å². The summed E-state index contributed by atoms with van der Waals surface area (Å²) in [5.41, 5.74) is -0.872. The van der Waals surface area contributed by atoms with Crippen LogP contribution in [0.2, 0.25) is 0 Å². The Kier molecular flexibility index (Phi) is 45.8. The van der Waals surface area contributed by atoms with Crippen LogP contribution < -0.4 is 53.2 Å². The minimum Gasteiger partial charge on any atom is -0.445 e. The fourth-order valence-corrected chi connectivity index (χ4v) is 11.3. The van der Waals surface area contributed by atoms with Crippen LogP contribution in [0.5, 0.6) is 0 Å². The van der Waals surface area contributed by atoms with E-state index in [1.165, 1.54) is 20.8 Å². The predicted octanol–water partition coefficient (Wildman–Crippen LogP) is -5.87. The van der Waals surface area contributed by atoms with Gasteiger partial charge in [0.15, 0.2) is 18.9 Å². The standard InChI is InChI=1S/C69H116N10O29/c1-43(83)76-56-62(95)59(92)47(36-80)106-65(56)102-30-10-7-18-50(86)70-24-13-27-73-53(89)21-33-99-40-69(79-68(98)105-39-46-16-5-4-6-17-46,41-100-34-22-54(90)74-28-14-25-71-51(87)19-8-11-31-103-66-57(77-44(2)84)63(96)60(93)48(37-81)107-66)42-101-35-23-55(91)75-29-15-26-72-52(88)20-9-12-32-104-67-58(78-45(3)85)64(97)61(94)49(38-82)108-67/h4-6,16-17,47-49,56-67,80-82,92-97H,7-15,18-42H2,1-3H3,(H,70,86)(H,71,87)(H,72,88)(H,73,89)(H,74,90)(H,75,91)(H,76,83)(H,77,84)(H,78,85)(H,79,98)/t47-,48-,49-,56-,57-,58-,59+,60+,61+,62-,63-,64-,65-,66-,67-/m1/s1. The van der Waals surface area contributed by atoms with Crippen LogP contribution in [0.25, 0.3) is 0 Å². The van der Waals surface area contributed by atoms with Crippen LogP contribution in [0.4, 0.5) is 4.79 Å². The number of aliphatic hydroxyl groups excluding tert-OH is 9. The maximum absolute atomic E-state index is 13.6. The van der Waals surface area contributed by atoms with E-state index in [-0.39, 0.29) is 162 Å². The summed E-state index contributed by atoms with van der Waals surface area (Å²) in [6.07, 6.45) is -13.0. The van der Waals surface area contributed by atoms with E-state index in [1.54, 1.807) is 30.3 Å². The average molecular weight is 1550 g/mol. The third kappa shape index (κ3) is 36.7. The van der Waals surface area contributed by atoms with Gasteiger partial charge in [-0.15, -0.1) is 0 Å². The van der Waals surface area contributed by atoms with Crippen LogP contribution in [0.15, 0.2) is 30.3 Å². The van der Waals surface area contributed by atoms with Gasteiger partial charge in [-0.1, -0.05) is 30.3 Å². The number of nitrogens with one attached hydrogen (secondary N) is 10. The molecule has 3 saturated heterocycles. The van der Waals surface area contributed by atoms with E-state index in [0.29, 0.717) is 63.4 Å². The fraction of sp³-hybridized carbons (Fsp3) is 0.768. The van der Waals surface area contributed by atoms with Crippen molar-refractivity contribution in [3.05, 3.63) is 35.9 Å². The van der Waals surface area contributed by atoms with Gasteiger partial charge in [-0.25, -0.2) is 4.79 Å². The highest BCUT2D eigenvalue weighted by atomic mass is 16.7. The van der Waals surface area contributed by atoms with Gasteiger partial charge in [0, 0.05) is 118 Å². The Morgan fingerprint density at radius 2 is 0.667 bits per heavy atom. The van der Waals surface area contributed by atoms with Gasteiger partial charge in [0.2, 0.25) is 53.2 Å². The molecule has 39 nitrogen and oxygen atoms in total. The van der Waals surface area contributed by atoms with Crippen LogP contribution in [-0.2, 0) is 97.1 Å². The fourth-order valence-electron chi connectivity index (χ4n) is 11.3. The molecule has 1 aromatic carbocycles. The van der Waals surface area contributed by atoms with Crippen molar-refractivity contribution in [1.29, 1.82) is 0 Å². The summed E-state index contributed by atoms with van der Waals surface area (Å²) in [6, 6.07) is 5.54. The Bertz CT molecular complexity index is 2580. The molecular weight excluding hydrogens is 1430 g/mol. The number of carbonyl (C=O) groups is 10. The van der Waals surface area contributed by atoms with Gasteiger partial charge in [-0.3, -0.25) is 43.2 Å². The lowest BCUT2D eigenvalue weighted by atomic mass is 9.97. The SMILES string of the molecule is CC(=O)N[C@H]1[C@H](OCCCCC(=O)NCCCNC(=O)CCOCC(COCCC(=O)NCCCNC(=O)CCCCO[C@@H]2O[C@H](CO)[C@H](O)[C@H](O)[C@H]2NC(C)=O)(COCCC(=O)NCCCNC(=O)CCCCO[C@@H]2O[C@H](CO)[C@H](O)[C@H](O)[C@H]2NC(C)=O)NC(=O)OCc2ccccc2)O[C@H](CO)[C@H](O)[C@@H]1O. The minimum atomic E-state index is -1.55. The van der Waals surface area contributed by atoms with Crippen molar-refractivity contribution in [3.8, 4) is 0 Å². The molecule has 0 aromatic heterocycles. The van der Waals surface area contributed by atoms with Gasteiger partial charge in [-0.2, -0.15) is 0 Å². The molecule has 0 radical (unpaired) electrons. The number of benzene rings is 1. The lowest BCUT2D eigenvalue weighted by Gasteiger charge is -2.42. The normalized spacial score (nSPS) is 24.1. The van der Waals surface area contributed by atoms with Crippen molar-refractivity contribution >= 4 is 59.3 Å². The predicted molar refractivity (Wildman–Crippen MR) is 376 cm³/mol. The Hall–Kier alpha value is -7.00. The van der Waals surface area contributed by atoms with Gasteiger partial charge in [0.25, 0.3) is 0 Å². The first-order chi connectivity index (χ1) is 51.8. The van der Waals surface area contributed by atoms with Gasteiger partial charge < -0.3 is 146 Å². The lowest BCUT2D eigenvalue weighted by Crippen LogP contribution is -2.64. The van der Waals surface area contributed by atoms with Crippen LogP contribution in [-0.4, -0.2) is 321 Å². The number of hydrogen-bond donors (Lipinski definition) is 19. The van der Waals surface area contributed by atoms with Crippen molar-refractivity contribution < 1.29 is 141 Å². The summed E-state index contributed by atoms with van der Waals surface area (Å²) in [4.78, 5) is 125. The van der Waals surface area contributed by atoms with Crippen molar-refractivity contribution in [3.63, 3.8) is 0 Å². The molecule has 15 atom stereocenters. The van der Waals surface area contributed by atoms with E-state index in [9.17, 15) is 93.9 Å². The molecule has 3 heterocycles. The third-order valence-corrected chi connectivity index (χ3v) is 17.1. The number of amides is 10. The van der Waals surface area contributed by atoms with Crippen LogP contribution in [0, 0.1) is 0 Å². The van der Waals surface area contributed by atoms with E-state index in [2.05, 4.69) is 53.2 Å². The topological polar surface area (TPSA) is 565 Å². The summed E-state index contributed by atoms with van der Waals surface area (Å²) >= 11 is 0. The second kappa shape index (κ2) is 53.0. The summed E-state index contributed by atoms with van der Waals surface area (Å²) in [6.45, 7) is 1.85. The van der Waals surface area contributed by atoms with Crippen LogP contribution >= 0.6 is 0 Å². The minimum absolute atomic E-state index is 0.0760. The zero-order valence-electron chi connectivity index (χ0n) is 61.8. The zero-order valence-corrected chi connectivity index (χ0v) is 61.8. The van der Waals surface area contributed by atoms with E-state index < -0.39 is 159 Å². The molecule has 616 valence electrons. The van der Waals surface area contributed by atoms with E-state index in [1.807, 2.05) is 0 Å². The molecule has 0 saturated carbocycles. The lowest BCUT2D eigenvalue weighted by molar-refractivity contribution is -0.270. The van der Waals surface area contributed by atoms with Crippen LogP contribution in [0.1, 0.15) is 123 Å². The average Bonchev–Trinajstić information content (AvgIpc) is 0.831. The maximum Gasteiger partial charge on any atom is 0.408 e. The summed E-state index contributed by atoms with van der Waals surface area (Å²) < 4.78 is 57.4. The molecule has 3 aliphatic heterocycles. The molecular formula is C69H116N10O29. The smallest absolute Gasteiger partial charge is 0.408 e. The largest absolute Gasteiger partial charge is 0.445 e. The highest BCUT2D eigenvalue weighted by molar-refractivity contribution is 5.78. The number of hydrogen-bond acceptors (Lipinski definition) is 29. The molecule has 10 amide bonds. The molecule has 39 heteroatoms. The highest BCUT2D eigenvalue weighted by Gasteiger charge is 2.48. The first-order valence-corrected chi connectivity index (χ1v) is 36.7. The molecule has 0 bridgehead atoms. The molecule has 0 aliphatic carbocycles. The molecule has 3 fully saturated rings. The van der Waals surface area contributed by atoms with Crippen molar-refractivity contribution in [2.24, 2.45) is 0 Å². The van der Waals surface area contributed by atoms with Crippen molar-refractivity contribution in [2.75, 3.05) is 119 Å². The molecule has 1 aromatic rings. The second-order valence-corrected chi connectivity index (χ2v) is 26.3. The van der Waals surface area contributed by atoms with E-state index in [0.717, 1.165) is 0 Å². The van der Waals surface area contributed by atoms with E-state index >= 15 is 0 Å². The molecule has 0 spiro atoms. The Balaban J connectivity index is 1.24. The van der Waals surface area contributed by atoms with E-state index in [4.69, 9.17) is 47.4 Å². The maximum atomic E-state index is 13.6. The summed E-state index contributed by atoms with van der Waals surface area (Å²) in [5.74, 6) is -3.43.